The second kappa shape index (κ2) is 5.95. The van der Waals surface area contributed by atoms with Gasteiger partial charge < -0.3 is 5.73 Å². The monoisotopic (exact) mass is 110 g/mol. The SMILES string of the molecule is C=C/C=N\C/C=C\N. The molecule has 0 heterocycles. The molecule has 0 fully saturated rings. The molecule has 0 radical (unpaired) electrons. The van der Waals surface area contributed by atoms with Crippen molar-refractivity contribution in [2.75, 3.05) is 6.54 Å². The van der Waals surface area contributed by atoms with Crippen molar-refractivity contribution in [3.8, 4) is 0 Å². The van der Waals surface area contributed by atoms with Gasteiger partial charge in [0, 0.05) is 6.21 Å². The Hall–Kier alpha value is -1.05. The van der Waals surface area contributed by atoms with Crippen molar-refractivity contribution < 1.29 is 0 Å². The molecule has 0 aliphatic rings. The highest BCUT2D eigenvalue weighted by Crippen LogP contribution is 1.68. The lowest BCUT2D eigenvalue weighted by Gasteiger charge is -1.76. The van der Waals surface area contributed by atoms with Gasteiger partial charge in [-0.25, -0.2) is 0 Å². The summed E-state index contributed by atoms with van der Waals surface area (Å²) >= 11 is 0. The molecule has 2 nitrogen and oxygen atoms in total. The van der Waals surface area contributed by atoms with Crippen LogP contribution >= 0.6 is 0 Å². The van der Waals surface area contributed by atoms with Crippen LogP contribution in [0.2, 0.25) is 0 Å². The highest BCUT2D eigenvalue weighted by molar-refractivity contribution is 5.70. The van der Waals surface area contributed by atoms with E-state index in [1.807, 2.05) is 0 Å². The number of aliphatic imine (C=N–C) groups is 1. The Balaban J connectivity index is 3.15. The van der Waals surface area contributed by atoms with Gasteiger partial charge in [-0.15, -0.1) is 0 Å². The van der Waals surface area contributed by atoms with Crippen LogP contribution in [-0.2, 0) is 0 Å². The molecule has 0 aromatic carbocycles. The Morgan fingerprint density at radius 1 is 1.62 bits per heavy atom. The first-order valence-corrected chi connectivity index (χ1v) is 2.39. The number of hydrogen-bond acceptors (Lipinski definition) is 2. The number of nitrogens with two attached hydrogens (primary N) is 1. The van der Waals surface area contributed by atoms with E-state index in [0.717, 1.165) is 0 Å². The zero-order valence-electron chi connectivity index (χ0n) is 4.75. The second-order valence-corrected chi connectivity index (χ2v) is 1.18. The first kappa shape index (κ1) is 6.95. The summed E-state index contributed by atoms with van der Waals surface area (Å²) in [6, 6.07) is 0. The van der Waals surface area contributed by atoms with Gasteiger partial charge in [0.1, 0.15) is 0 Å². The number of hydrogen-bond donors (Lipinski definition) is 1. The molecule has 0 aliphatic heterocycles. The van der Waals surface area contributed by atoms with Crippen molar-refractivity contribution in [3.05, 3.63) is 24.9 Å². The van der Waals surface area contributed by atoms with Crippen LogP contribution in [0.4, 0.5) is 0 Å². The maximum Gasteiger partial charge on any atom is 0.0586 e. The van der Waals surface area contributed by atoms with E-state index >= 15 is 0 Å². The van der Waals surface area contributed by atoms with Crippen molar-refractivity contribution in [3.63, 3.8) is 0 Å². The molecule has 0 unspecified atom stereocenters. The van der Waals surface area contributed by atoms with Gasteiger partial charge in [-0.3, -0.25) is 4.99 Å². The molecular formula is C6H10N2. The van der Waals surface area contributed by atoms with Crippen molar-refractivity contribution in [2.24, 2.45) is 10.7 Å². The molecule has 0 rings (SSSR count). The van der Waals surface area contributed by atoms with E-state index in [9.17, 15) is 0 Å². The molecule has 0 spiro atoms. The minimum Gasteiger partial charge on any atom is -0.405 e. The van der Waals surface area contributed by atoms with Crippen LogP contribution in [-0.4, -0.2) is 12.8 Å². The normalized spacial score (nSPS) is 11.0. The summed E-state index contributed by atoms with van der Waals surface area (Å²) in [5, 5.41) is 0. The van der Waals surface area contributed by atoms with Crippen LogP contribution in [0.1, 0.15) is 0 Å². The highest BCUT2D eigenvalue weighted by Gasteiger charge is 1.62. The average Bonchev–Trinajstić information content (AvgIpc) is 1.81. The smallest absolute Gasteiger partial charge is 0.0586 e. The fraction of sp³-hybridized carbons (Fsp3) is 0.167. The van der Waals surface area contributed by atoms with Crippen molar-refractivity contribution >= 4 is 6.21 Å². The van der Waals surface area contributed by atoms with E-state index < -0.39 is 0 Å². The summed E-state index contributed by atoms with van der Waals surface area (Å²) < 4.78 is 0. The summed E-state index contributed by atoms with van der Waals surface area (Å²) in [7, 11) is 0. The first-order valence-electron chi connectivity index (χ1n) is 2.39. The Labute approximate surface area is 49.4 Å². The largest absolute Gasteiger partial charge is 0.405 e. The van der Waals surface area contributed by atoms with Gasteiger partial charge in [0.05, 0.1) is 6.54 Å². The highest BCUT2D eigenvalue weighted by atomic mass is 14.7. The lowest BCUT2D eigenvalue weighted by molar-refractivity contribution is 1.25. The summed E-state index contributed by atoms with van der Waals surface area (Å²) in [5.41, 5.74) is 5.03. The van der Waals surface area contributed by atoms with Gasteiger partial charge in [-0.1, -0.05) is 12.7 Å². The maximum atomic E-state index is 5.03. The molecule has 0 saturated carbocycles. The molecular weight excluding hydrogens is 100 g/mol. The molecule has 0 atom stereocenters. The fourth-order valence-electron chi connectivity index (χ4n) is 0.257. The summed E-state index contributed by atoms with van der Waals surface area (Å²) in [6.07, 6.45) is 6.50. The average molecular weight is 110 g/mol. The molecule has 8 heavy (non-hydrogen) atoms. The van der Waals surface area contributed by atoms with E-state index in [1.54, 1.807) is 18.4 Å². The zero-order valence-corrected chi connectivity index (χ0v) is 4.75. The number of nitrogens with zero attached hydrogens (tertiary/aromatic N) is 1. The quantitative estimate of drug-likeness (QED) is 0.534. The summed E-state index contributed by atoms with van der Waals surface area (Å²) in [4.78, 5) is 3.87. The molecule has 0 amide bonds. The molecule has 0 aromatic rings. The van der Waals surface area contributed by atoms with Crippen LogP contribution in [0.25, 0.3) is 0 Å². The van der Waals surface area contributed by atoms with E-state index in [0.29, 0.717) is 6.54 Å². The van der Waals surface area contributed by atoms with E-state index in [4.69, 9.17) is 5.73 Å². The maximum absolute atomic E-state index is 5.03. The molecule has 0 aromatic heterocycles. The standard InChI is InChI=1S/C6H10N2/c1-2-5-8-6-3-4-7/h2-5H,1,6-7H2/b4-3-,8-5-. The molecule has 44 valence electrons. The lowest BCUT2D eigenvalue weighted by Crippen LogP contribution is -1.78. The predicted molar refractivity (Wildman–Crippen MR) is 36.9 cm³/mol. The minimum atomic E-state index is 0.641. The number of allylic oxidation sites excluding steroid dienone is 1. The van der Waals surface area contributed by atoms with Crippen LogP contribution < -0.4 is 5.73 Å². The van der Waals surface area contributed by atoms with Gasteiger partial charge in [-0.2, -0.15) is 0 Å². The fourth-order valence-corrected chi connectivity index (χ4v) is 0.257. The Bertz CT molecular complexity index is 103. The van der Waals surface area contributed by atoms with Crippen LogP contribution in [0, 0.1) is 0 Å². The van der Waals surface area contributed by atoms with E-state index in [-0.39, 0.29) is 0 Å². The Morgan fingerprint density at radius 3 is 2.88 bits per heavy atom. The van der Waals surface area contributed by atoms with Gasteiger partial charge in [-0.05, 0) is 12.3 Å². The summed E-state index contributed by atoms with van der Waals surface area (Å²) in [5.74, 6) is 0. The predicted octanol–water partition coefficient (Wildman–Crippen LogP) is 0.716. The Morgan fingerprint density at radius 2 is 2.38 bits per heavy atom. The number of rotatable bonds is 3. The molecule has 0 bridgehead atoms. The zero-order chi connectivity index (χ0) is 6.24. The third-order valence-electron chi connectivity index (χ3n) is 0.558. The third-order valence-corrected chi connectivity index (χ3v) is 0.558. The van der Waals surface area contributed by atoms with Crippen molar-refractivity contribution in [1.82, 2.24) is 0 Å². The summed E-state index contributed by atoms with van der Waals surface area (Å²) in [6.45, 7) is 4.10. The first-order chi connectivity index (χ1) is 3.91. The van der Waals surface area contributed by atoms with Gasteiger partial charge in [0.25, 0.3) is 0 Å². The molecule has 2 heteroatoms. The Kier molecular flexibility index (Phi) is 5.17. The topological polar surface area (TPSA) is 38.4 Å². The molecule has 0 saturated heterocycles. The molecule has 2 N–H and O–H groups in total. The van der Waals surface area contributed by atoms with Crippen molar-refractivity contribution in [2.45, 2.75) is 0 Å². The van der Waals surface area contributed by atoms with Crippen molar-refractivity contribution in [1.29, 1.82) is 0 Å². The van der Waals surface area contributed by atoms with Gasteiger partial charge >= 0.3 is 0 Å². The third kappa shape index (κ3) is 4.95. The minimum absolute atomic E-state index is 0.641. The van der Waals surface area contributed by atoms with Crippen LogP contribution in [0.3, 0.4) is 0 Å². The van der Waals surface area contributed by atoms with Crippen LogP contribution in [0.5, 0.6) is 0 Å². The van der Waals surface area contributed by atoms with Crippen LogP contribution in [0.15, 0.2) is 29.9 Å². The van der Waals surface area contributed by atoms with Gasteiger partial charge in [0.2, 0.25) is 0 Å². The van der Waals surface area contributed by atoms with E-state index in [1.165, 1.54) is 6.20 Å². The molecule has 0 aliphatic carbocycles. The van der Waals surface area contributed by atoms with E-state index in [2.05, 4.69) is 11.6 Å². The second-order valence-electron chi connectivity index (χ2n) is 1.18. The van der Waals surface area contributed by atoms with Gasteiger partial charge in [0.15, 0.2) is 0 Å². The lowest BCUT2D eigenvalue weighted by atomic mass is 10.6.